The fourth-order valence-corrected chi connectivity index (χ4v) is 2.27. The lowest BCUT2D eigenvalue weighted by atomic mass is 9.92. The summed E-state index contributed by atoms with van der Waals surface area (Å²) in [5, 5.41) is 2.13. The number of urea groups is 1. The predicted molar refractivity (Wildman–Crippen MR) is 70.5 cm³/mol. The topological polar surface area (TPSA) is 66.5 Å². The molecule has 2 rings (SSSR count). The van der Waals surface area contributed by atoms with Crippen molar-refractivity contribution in [2.24, 2.45) is 11.8 Å². The van der Waals surface area contributed by atoms with Gasteiger partial charge in [-0.2, -0.15) is 0 Å². The first kappa shape index (κ1) is 14.2. The van der Waals surface area contributed by atoms with Gasteiger partial charge >= 0.3 is 6.03 Å². The molecule has 0 radical (unpaired) electrons. The van der Waals surface area contributed by atoms with E-state index in [0.717, 1.165) is 11.0 Å². The zero-order valence-electron chi connectivity index (χ0n) is 11.4. The summed E-state index contributed by atoms with van der Waals surface area (Å²) >= 11 is 0. The third-order valence-electron chi connectivity index (χ3n) is 3.15. The molecule has 1 aliphatic rings. The summed E-state index contributed by atoms with van der Waals surface area (Å²) in [6, 6.07) is 3.06. The molecule has 0 saturated carbocycles. The van der Waals surface area contributed by atoms with Gasteiger partial charge in [-0.05, 0) is 36.6 Å². The molecule has 0 aliphatic carbocycles. The molecular weight excluding hydrogens is 263 g/mol. The number of benzene rings is 1. The molecule has 1 aromatic carbocycles. The SMILES string of the molecule is Cc1cc(F)cc(N2C(=O)NC(=O)C(C(C)C)C2=O)c1. The molecule has 1 saturated heterocycles. The number of aryl methyl sites for hydroxylation is 1. The average molecular weight is 278 g/mol. The normalized spacial score (nSPS) is 19.6. The van der Waals surface area contributed by atoms with Crippen LogP contribution in [0.2, 0.25) is 0 Å². The van der Waals surface area contributed by atoms with Crippen molar-refractivity contribution in [3.63, 3.8) is 0 Å². The van der Waals surface area contributed by atoms with Gasteiger partial charge in [0.25, 0.3) is 0 Å². The van der Waals surface area contributed by atoms with Gasteiger partial charge in [0.2, 0.25) is 11.8 Å². The zero-order valence-corrected chi connectivity index (χ0v) is 11.4. The van der Waals surface area contributed by atoms with E-state index in [-0.39, 0.29) is 11.6 Å². The van der Waals surface area contributed by atoms with Crippen molar-refractivity contribution in [3.8, 4) is 0 Å². The van der Waals surface area contributed by atoms with Gasteiger partial charge in [-0.25, -0.2) is 14.1 Å². The summed E-state index contributed by atoms with van der Waals surface area (Å²) in [7, 11) is 0. The minimum atomic E-state index is -0.948. The number of carbonyl (C=O) groups is 3. The van der Waals surface area contributed by atoms with Gasteiger partial charge in [-0.3, -0.25) is 14.9 Å². The van der Waals surface area contributed by atoms with Gasteiger partial charge in [0.05, 0.1) is 5.69 Å². The number of barbiturate groups is 1. The van der Waals surface area contributed by atoms with Crippen LogP contribution < -0.4 is 10.2 Å². The highest BCUT2D eigenvalue weighted by molar-refractivity contribution is 6.27. The number of imide groups is 2. The number of halogens is 1. The van der Waals surface area contributed by atoms with Crippen molar-refractivity contribution in [1.82, 2.24) is 5.32 Å². The number of carbonyl (C=O) groups excluding carboxylic acids is 3. The van der Waals surface area contributed by atoms with Crippen LogP contribution in [-0.4, -0.2) is 17.8 Å². The predicted octanol–water partition coefficient (Wildman–Crippen LogP) is 1.99. The van der Waals surface area contributed by atoms with Crippen LogP contribution in [0, 0.1) is 24.6 Å². The van der Waals surface area contributed by atoms with Gasteiger partial charge in [-0.15, -0.1) is 0 Å². The van der Waals surface area contributed by atoms with Crippen molar-refractivity contribution in [2.75, 3.05) is 4.90 Å². The van der Waals surface area contributed by atoms with E-state index in [1.807, 2.05) is 0 Å². The van der Waals surface area contributed by atoms with Crippen LogP contribution in [0.4, 0.5) is 14.9 Å². The lowest BCUT2D eigenvalue weighted by molar-refractivity contribution is -0.136. The Morgan fingerprint density at radius 2 is 1.85 bits per heavy atom. The number of hydrogen-bond donors (Lipinski definition) is 1. The van der Waals surface area contributed by atoms with Crippen molar-refractivity contribution in [1.29, 1.82) is 0 Å². The average Bonchev–Trinajstić information content (AvgIpc) is 2.25. The first-order valence-electron chi connectivity index (χ1n) is 6.27. The fraction of sp³-hybridized carbons (Fsp3) is 0.357. The number of anilines is 1. The number of amides is 4. The lowest BCUT2D eigenvalue weighted by Gasteiger charge is -2.31. The van der Waals surface area contributed by atoms with E-state index in [0.29, 0.717) is 5.56 Å². The highest BCUT2D eigenvalue weighted by Gasteiger charge is 2.42. The molecule has 1 fully saturated rings. The molecule has 1 atom stereocenters. The molecule has 0 spiro atoms. The number of rotatable bonds is 2. The van der Waals surface area contributed by atoms with Crippen LogP contribution in [0.15, 0.2) is 18.2 Å². The summed E-state index contributed by atoms with van der Waals surface area (Å²) in [5.41, 5.74) is 0.710. The first-order valence-corrected chi connectivity index (χ1v) is 6.27. The van der Waals surface area contributed by atoms with Crippen molar-refractivity contribution < 1.29 is 18.8 Å². The molecule has 5 nitrogen and oxygen atoms in total. The number of nitrogens with one attached hydrogen (secondary N) is 1. The van der Waals surface area contributed by atoms with Gasteiger partial charge in [-0.1, -0.05) is 13.8 Å². The maximum atomic E-state index is 13.4. The van der Waals surface area contributed by atoms with Gasteiger partial charge in [0.1, 0.15) is 11.7 Å². The summed E-state index contributed by atoms with van der Waals surface area (Å²) in [6.45, 7) is 5.09. The summed E-state index contributed by atoms with van der Waals surface area (Å²) in [5.74, 6) is -2.99. The number of hydrogen-bond acceptors (Lipinski definition) is 3. The molecular formula is C14H15FN2O3. The van der Waals surface area contributed by atoms with Crippen molar-refractivity contribution >= 4 is 23.5 Å². The molecule has 1 N–H and O–H groups in total. The highest BCUT2D eigenvalue weighted by Crippen LogP contribution is 2.26. The Balaban J connectivity index is 2.46. The standard InChI is InChI=1S/C14H15FN2O3/c1-7(2)11-12(18)16-14(20)17(13(11)19)10-5-8(3)4-9(15)6-10/h4-7,11H,1-3H3,(H,16,18,20). The molecule has 0 bridgehead atoms. The van der Waals surface area contributed by atoms with Gasteiger partial charge in [0, 0.05) is 0 Å². The quantitative estimate of drug-likeness (QED) is 0.841. The van der Waals surface area contributed by atoms with E-state index >= 15 is 0 Å². The Hall–Kier alpha value is -2.24. The first-order chi connectivity index (χ1) is 9.31. The molecule has 0 aromatic heterocycles. The van der Waals surface area contributed by atoms with Crippen molar-refractivity contribution in [3.05, 3.63) is 29.6 Å². The molecule has 4 amide bonds. The minimum absolute atomic E-state index is 0.128. The zero-order chi connectivity index (χ0) is 15.0. The van der Waals surface area contributed by atoms with Crippen LogP contribution in [0.5, 0.6) is 0 Å². The Bertz CT molecular complexity index is 578. The molecule has 1 aromatic rings. The molecule has 20 heavy (non-hydrogen) atoms. The Kier molecular flexibility index (Phi) is 3.57. The van der Waals surface area contributed by atoms with Crippen LogP contribution in [0.25, 0.3) is 0 Å². The van der Waals surface area contributed by atoms with Crippen LogP contribution in [0.1, 0.15) is 19.4 Å². The van der Waals surface area contributed by atoms with E-state index in [2.05, 4.69) is 5.32 Å². The monoisotopic (exact) mass is 278 g/mol. The Morgan fingerprint density at radius 3 is 2.40 bits per heavy atom. The molecule has 1 aliphatic heterocycles. The van der Waals surface area contributed by atoms with E-state index in [1.54, 1.807) is 20.8 Å². The third-order valence-corrected chi connectivity index (χ3v) is 3.15. The fourth-order valence-electron chi connectivity index (χ4n) is 2.27. The second-order valence-corrected chi connectivity index (χ2v) is 5.18. The smallest absolute Gasteiger partial charge is 0.277 e. The maximum absolute atomic E-state index is 13.4. The molecule has 1 heterocycles. The summed E-state index contributed by atoms with van der Waals surface area (Å²) in [4.78, 5) is 36.7. The van der Waals surface area contributed by atoms with E-state index in [9.17, 15) is 18.8 Å². The second-order valence-electron chi connectivity index (χ2n) is 5.18. The Labute approximate surface area is 115 Å². The van der Waals surface area contributed by atoms with Crippen LogP contribution >= 0.6 is 0 Å². The summed E-state index contributed by atoms with van der Waals surface area (Å²) < 4.78 is 13.4. The maximum Gasteiger partial charge on any atom is 0.335 e. The van der Waals surface area contributed by atoms with E-state index < -0.39 is 29.6 Å². The summed E-state index contributed by atoms with van der Waals surface area (Å²) in [6.07, 6.45) is 0. The van der Waals surface area contributed by atoms with Crippen LogP contribution in [-0.2, 0) is 9.59 Å². The largest absolute Gasteiger partial charge is 0.335 e. The second kappa shape index (κ2) is 5.03. The minimum Gasteiger partial charge on any atom is -0.277 e. The van der Waals surface area contributed by atoms with Gasteiger partial charge in [0.15, 0.2) is 0 Å². The van der Waals surface area contributed by atoms with E-state index in [1.165, 1.54) is 12.1 Å². The lowest BCUT2D eigenvalue weighted by Crippen LogP contribution is -2.59. The highest BCUT2D eigenvalue weighted by atomic mass is 19.1. The van der Waals surface area contributed by atoms with E-state index in [4.69, 9.17) is 0 Å². The van der Waals surface area contributed by atoms with Crippen molar-refractivity contribution in [2.45, 2.75) is 20.8 Å². The molecule has 1 unspecified atom stereocenters. The Morgan fingerprint density at radius 1 is 1.20 bits per heavy atom. The van der Waals surface area contributed by atoms with Gasteiger partial charge < -0.3 is 0 Å². The molecule has 6 heteroatoms. The third kappa shape index (κ3) is 2.41. The van der Waals surface area contributed by atoms with Crippen LogP contribution in [0.3, 0.4) is 0 Å². The number of nitrogens with zero attached hydrogens (tertiary/aromatic N) is 1. The molecule has 106 valence electrons.